The van der Waals surface area contributed by atoms with Crippen molar-refractivity contribution in [2.75, 3.05) is 20.6 Å². The van der Waals surface area contributed by atoms with Crippen molar-refractivity contribution in [3.8, 4) is 0 Å². The number of rotatable bonds is 3. The Bertz CT molecular complexity index is 584. The number of carbonyl (C=O) groups excluding carboxylic acids is 1. The van der Waals surface area contributed by atoms with E-state index in [0.29, 0.717) is 30.6 Å². The Morgan fingerprint density at radius 3 is 2.65 bits per heavy atom. The van der Waals surface area contributed by atoms with E-state index in [1.54, 1.807) is 4.90 Å². The molecule has 2 aliphatic rings. The van der Waals surface area contributed by atoms with Crippen LogP contribution in [0.25, 0.3) is 0 Å². The Morgan fingerprint density at radius 2 is 2.00 bits per heavy atom. The number of alkyl halides is 3. The van der Waals surface area contributed by atoms with E-state index in [4.69, 9.17) is 4.42 Å². The predicted octanol–water partition coefficient (Wildman–Crippen LogP) is 2.99. The molecule has 1 aliphatic heterocycles. The number of fused-ring (bicyclic) bond motifs is 1. The predicted molar refractivity (Wildman–Crippen MR) is 77.4 cm³/mol. The van der Waals surface area contributed by atoms with Crippen molar-refractivity contribution in [3.63, 3.8) is 0 Å². The van der Waals surface area contributed by atoms with E-state index in [-0.39, 0.29) is 11.9 Å². The molecule has 23 heavy (non-hydrogen) atoms. The Kier molecular flexibility index (Phi) is 4.16. The van der Waals surface area contributed by atoms with Gasteiger partial charge in [0.25, 0.3) is 0 Å². The van der Waals surface area contributed by atoms with Gasteiger partial charge in [0.15, 0.2) is 0 Å². The molecule has 3 rings (SSSR count). The van der Waals surface area contributed by atoms with Gasteiger partial charge >= 0.3 is 6.18 Å². The van der Waals surface area contributed by atoms with Crippen LogP contribution >= 0.6 is 0 Å². The van der Waals surface area contributed by atoms with Crippen molar-refractivity contribution in [2.45, 2.75) is 38.0 Å². The number of likely N-dealkylation sites (tertiary alicyclic amines) is 1. The van der Waals surface area contributed by atoms with Crippen molar-refractivity contribution < 1.29 is 22.4 Å². The lowest BCUT2D eigenvalue weighted by atomic mass is 9.88. The van der Waals surface area contributed by atoms with Gasteiger partial charge in [0.1, 0.15) is 5.76 Å². The maximum Gasteiger partial charge on any atom is 0.449 e. The minimum absolute atomic E-state index is 0.190. The van der Waals surface area contributed by atoms with Crippen LogP contribution in [0.3, 0.4) is 0 Å². The number of furan rings is 1. The second-order valence-electron chi connectivity index (χ2n) is 6.80. The summed E-state index contributed by atoms with van der Waals surface area (Å²) in [4.78, 5) is 15.6. The lowest BCUT2D eigenvalue weighted by Gasteiger charge is -2.31. The zero-order chi connectivity index (χ0) is 16.8. The SMILES string of the molecule is CN1C[C@H]2C[C@@H](N(C)Cc3ccc(C(F)(F)F)o3)C[C@H]2CC1=O. The molecule has 0 bridgehead atoms. The molecule has 1 saturated carbocycles. The molecule has 1 saturated heterocycles. The standard InChI is InChI=1S/C16H21F3N2O2/c1-20(9-13-3-4-14(23-13)16(17,18)19)12-5-10-7-15(22)21(2)8-11(10)6-12/h3-4,10-12H,5-9H2,1-2H3/t10-,11+,12-/m0/s1. The van der Waals surface area contributed by atoms with Crippen LogP contribution < -0.4 is 0 Å². The highest BCUT2D eigenvalue weighted by Gasteiger charge is 2.41. The second kappa shape index (κ2) is 5.85. The molecule has 4 nitrogen and oxygen atoms in total. The number of nitrogens with zero attached hydrogens (tertiary/aromatic N) is 2. The van der Waals surface area contributed by atoms with E-state index in [9.17, 15) is 18.0 Å². The first kappa shape index (κ1) is 16.4. The summed E-state index contributed by atoms with van der Waals surface area (Å²) in [5.41, 5.74) is 0. The largest absolute Gasteiger partial charge is 0.455 e. The van der Waals surface area contributed by atoms with E-state index in [1.165, 1.54) is 6.07 Å². The second-order valence-corrected chi connectivity index (χ2v) is 6.80. The molecule has 2 fully saturated rings. The van der Waals surface area contributed by atoms with Gasteiger partial charge in [-0.3, -0.25) is 9.69 Å². The molecule has 1 amide bonds. The summed E-state index contributed by atoms with van der Waals surface area (Å²) >= 11 is 0. The van der Waals surface area contributed by atoms with Crippen LogP contribution in [0.4, 0.5) is 13.2 Å². The highest BCUT2D eigenvalue weighted by Crippen LogP contribution is 2.40. The maximum atomic E-state index is 12.6. The van der Waals surface area contributed by atoms with E-state index in [2.05, 4.69) is 0 Å². The number of hydrogen-bond acceptors (Lipinski definition) is 3. The molecule has 0 radical (unpaired) electrons. The van der Waals surface area contributed by atoms with Gasteiger partial charge in [-0.2, -0.15) is 13.2 Å². The summed E-state index contributed by atoms with van der Waals surface area (Å²) < 4.78 is 42.6. The first-order valence-corrected chi connectivity index (χ1v) is 7.84. The molecular weight excluding hydrogens is 309 g/mol. The Morgan fingerprint density at radius 1 is 1.30 bits per heavy atom. The van der Waals surface area contributed by atoms with Gasteiger partial charge < -0.3 is 9.32 Å². The molecule has 1 aromatic heterocycles. The van der Waals surface area contributed by atoms with Crippen LogP contribution in [0.5, 0.6) is 0 Å². The molecule has 7 heteroatoms. The normalized spacial score (nSPS) is 28.5. The maximum absolute atomic E-state index is 12.6. The van der Waals surface area contributed by atoms with Crippen LogP contribution in [0, 0.1) is 11.8 Å². The average molecular weight is 330 g/mol. The van der Waals surface area contributed by atoms with Crippen molar-refractivity contribution in [2.24, 2.45) is 11.8 Å². The average Bonchev–Trinajstić information content (AvgIpc) is 3.05. The van der Waals surface area contributed by atoms with E-state index < -0.39 is 11.9 Å². The van der Waals surface area contributed by atoms with Gasteiger partial charge in [-0.15, -0.1) is 0 Å². The first-order valence-electron chi connectivity index (χ1n) is 7.84. The minimum Gasteiger partial charge on any atom is -0.455 e. The Hall–Kier alpha value is -1.50. The number of halogens is 3. The van der Waals surface area contributed by atoms with Gasteiger partial charge in [-0.05, 0) is 43.9 Å². The first-order chi connectivity index (χ1) is 10.7. The van der Waals surface area contributed by atoms with Crippen LogP contribution in [-0.4, -0.2) is 42.4 Å². The lowest BCUT2D eigenvalue weighted by molar-refractivity contribution is -0.153. The van der Waals surface area contributed by atoms with E-state index >= 15 is 0 Å². The molecule has 0 aromatic carbocycles. The minimum atomic E-state index is -4.44. The van der Waals surface area contributed by atoms with Gasteiger partial charge in [0.2, 0.25) is 11.7 Å². The highest BCUT2D eigenvalue weighted by atomic mass is 19.4. The van der Waals surface area contributed by atoms with Crippen LogP contribution in [-0.2, 0) is 17.5 Å². The zero-order valence-electron chi connectivity index (χ0n) is 13.3. The third-order valence-corrected chi connectivity index (χ3v) is 5.16. The Balaban J connectivity index is 1.60. The molecule has 3 atom stereocenters. The van der Waals surface area contributed by atoms with Crippen molar-refractivity contribution in [3.05, 3.63) is 23.7 Å². The topological polar surface area (TPSA) is 36.7 Å². The van der Waals surface area contributed by atoms with Crippen LogP contribution in [0.15, 0.2) is 16.5 Å². The van der Waals surface area contributed by atoms with Gasteiger partial charge in [-0.25, -0.2) is 0 Å². The molecule has 1 aliphatic carbocycles. The molecule has 2 heterocycles. The van der Waals surface area contributed by atoms with Gasteiger partial charge in [0, 0.05) is 26.1 Å². The Labute approximate surface area is 133 Å². The third-order valence-electron chi connectivity index (χ3n) is 5.16. The summed E-state index contributed by atoms with van der Waals surface area (Å²) in [6, 6.07) is 2.65. The molecule has 0 N–H and O–H groups in total. The number of amides is 1. The van der Waals surface area contributed by atoms with Crippen molar-refractivity contribution in [1.82, 2.24) is 9.80 Å². The number of hydrogen-bond donors (Lipinski definition) is 0. The lowest BCUT2D eigenvalue weighted by Crippen LogP contribution is -2.39. The monoisotopic (exact) mass is 330 g/mol. The van der Waals surface area contributed by atoms with Crippen LogP contribution in [0.1, 0.15) is 30.8 Å². The van der Waals surface area contributed by atoms with Crippen LogP contribution in [0.2, 0.25) is 0 Å². The quantitative estimate of drug-likeness (QED) is 0.855. The van der Waals surface area contributed by atoms with E-state index in [1.807, 2.05) is 19.0 Å². The summed E-state index contributed by atoms with van der Waals surface area (Å²) in [5, 5.41) is 0. The molecule has 0 unspecified atom stereocenters. The summed E-state index contributed by atoms with van der Waals surface area (Å²) in [6.45, 7) is 1.14. The number of carbonyl (C=O) groups is 1. The smallest absolute Gasteiger partial charge is 0.449 e. The number of piperidine rings is 1. The fourth-order valence-corrected chi connectivity index (χ4v) is 3.84. The molecule has 0 spiro atoms. The summed E-state index contributed by atoms with van der Waals surface area (Å²) in [6.07, 6.45) is -1.95. The molecule has 1 aromatic rings. The molecular formula is C16H21F3N2O2. The third kappa shape index (κ3) is 3.39. The summed E-state index contributed by atoms with van der Waals surface area (Å²) in [5.74, 6) is 0.451. The highest BCUT2D eigenvalue weighted by molar-refractivity contribution is 5.77. The van der Waals surface area contributed by atoms with Gasteiger partial charge in [-0.1, -0.05) is 0 Å². The molecule has 128 valence electrons. The summed E-state index contributed by atoms with van der Waals surface area (Å²) in [7, 11) is 3.74. The van der Waals surface area contributed by atoms with Crippen molar-refractivity contribution in [1.29, 1.82) is 0 Å². The van der Waals surface area contributed by atoms with Gasteiger partial charge in [0.05, 0.1) is 6.54 Å². The fraction of sp³-hybridized carbons (Fsp3) is 0.688. The van der Waals surface area contributed by atoms with Crippen molar-refractivity contribution >= 4 is 5.91 Å². The zero-order valence-corrected chi connectivity index (χ0v) is 13.3. The fourth-order valence-electron chi connectivity index (χ4n) is 3.84. The van der Waals surface area contributed by atoms with E-state index in [0.717, 1.165) is 25.5 Å².